The third-order valence-corrected chi connectivity index (χ3v) is 3.23. The number of hydrogen-bond acceptors (Lipinski definition) is 3. The number of anilines is 1. The molecule has 0 bridgehead atoms. The first-order valence-corrected chi connectivity index (χ1v) is 6.75. The van der Waals surface area contributed by atoms with E-state index in [1.807, 2.05) is 18.2 Å². The normalized spacial score (nSPS) is 10.3. The van der Waals surface area contributed by atoms with Crippen LogP contribution < -0.4 is 10.6 Å². The van der Waals surface area contributed by atoms with Crippen molar-refractivity contribution >= 4 is 11.6 Å². The fourth-order valence-electron chi connectivity index (χ4n) is 1.86. The van der Waals surface area contributed by atoms with Crippen molar-refractivity contribution in [3.05, 3.63) is 53.5 Å². The minimum absolute atomic E-state index is 0.0118. The molecule has 0 aliphatic rings. The van der Waals surface area contributed by atoms with Gasteiger partial charge in [0.25, 0.3) is 0 Å². The Balaban J connectivity index is 1.69. The van der Waals surface area contributed by atoms with Gasteiger partial charge in [-0.3, -0.25) is 4.79 Å². The lowest BCUT2D eigenvalue weighted by Crippen LogP contribution is -2.24. The van der Waals surface area contributed by atoms with Crippen molar-refractivity contribution in [2.75, 3.05) is 11.9 Å². The van der Waals surface area contributed by atoms with Crippen LogP contribution in [0.5, 0.6) is 0 Å². The van der Waals surface area contributed by atoms with Crippen molar-refractivity contribution in [1.29, 1.82) is 0 Å². The highest BCUT2D eigenvalue weighted by atomic mass is 16.3. The van der Waals surface area contributed by atoms with Crippen molar-refractivity contribution in [2.24, 2.45) is 0 Å². The number of rotatable bonds is 6. The Morgan fingerprint density at radius 1 is 1.20 bits per heavy atom. The van der Waals surface area contributed by atoms with Crippen molar-refractivity contribution < 1.29 is 9.21 Å². The second-order valence-corrected chi connectivity index (χ2v) is 4.83. The fourth-order valence-corrected chi connectivity index (χ4v) is 1.86. The molecule has 0 aliphatic carbocycles. The molecule has 0 atom stereocenters. The molecule has 0 saturated carbocycles. The summed E-state index contributed by atoms with van der Waals surface area (Å²) in [4.78, 5) is 11.7. The molecular weight excluding hydrogens is 252 g/mol. The lowest BCUT2D eigenvalue weighted by Gasteiger charge is -2.08. The molecule has 2 aromatic rings. The number of benzene rings is 1. The summed E-state index contributed by atoms with van der Waals surface area (Å²) in [6, 6.07) is 9.85. The first-order chi connectivity index (χ1) is 9.65. The van der Waals surface area contributed by atoms with Crippen LogP contribution in [0.2, 0.25) is 0 Å². The first-order valence-electron chi connectivity index (χ1n) is 6.75. The predicted molar refractivity (Wildman–Crippen MR) is 79.6 cm³/mol. The second kappa shape index (κ2) is 6.80. The Labute approximate surface area is 119 Å². The van der Waals surface area contributed by atoms with E-state index in [0.29, 0.717) is 19.5 Å². The SMILES string of the molecule is Cc1ccc(NCCC(=O)NCc2ccco2)cc1C. The molecule has 2 rings (SSSR count). The third-order valence-electron chi connectivity index (χ3n) is 3.23. The van der Waals surface area contributed by atoms with E-state index < -0.39 is 0 Å². The largest absolute Gasteiger partial charge is 0.467 e. The minimum Gasteiger partial charge on any atom is -0.467 e. The summed E-state index contributed by atoms with van der Waals surface area (Å²) in [6.07, 6.45) is 2.04. The molecule has 106 valence electrons. The van der Waals surface area contributed by atoms with Crippen molar-refractivity contribution in [1.82, 2.24) is 5.32 Å². The zero-order valence-corrected chi connectivity index (χ0v) is 11.9. The van der Waals surface area contributed by atoms with E-state index in [-0.39, 0.29) is 5.91 Å². The van der Waals surface area contributed by atoms with Crippen LogP contribution in [0, 0.1) is 13.8 Å². The van der Waals surface area contributed by atoms with Crippen LogP contribution in [0.25, 0.3) is 0 Å². The van der Waals surface area contributed by atoms with Gasteiger partial charge < -0.3 is 15.1 Å². The van der Waals surface area contributed by atoms with Crippen LogP contribution >= 0.6 is 0 Å². The highest BCUT2D eigenvalue weighted by molar-refractivity contribution is 5.76. The summed E-state index contributed by atoms with van der Waals surface area (Å²) in [6.45, 7) is 5.22. The molecular formula is C16H20N2O2. The summed E-state index contributed by atoms with van der Waals surface area (Å²) in [5.74, 6) is 0.776. The summed E-state index contributed by atoms with van der Waals surface area (Å²) >= 11 is 0. The molecule has 1 heterocycles. The molecule has 0 radical (unpaired) electrons. The number of carbonyl (C=O) groups is 1. The van der Waals surface area contributed by atoms with E-state index >= 15 is 0 Å². The predicted octanol–water partition coefficient (Wildman–Crippen LogP) is 3.01. The minimum atomic E-state index is 0.0118. The molecule has 1 aromatic carbocycles. The smallest absolute Gasteiger partial charge is 0.222 e. The van der Waals surface area contributed by atoms with Crippen LogP contribution in [-0.4, -0.2) is 12.5 Å². The molecule has 4 heteroatoms. The molecule has 1 aromatic heterocycles. The maximum atomic E-state index is 11.7. The van der Waals surface area contributed by atoms with E-state index in [9.17, 15) is 4.79 Å². The van der Waals surface area contributed by atoms with Crippen LogP contribution in [0.4, 0.5) is 5.69 Å². The summed E-state index contributed by atoms with van der Waals surface area (Å²) in [7, 11) is 0. The number of amides is 1. The van der Waals surface area contributed by atoms with E-state index in [4.69, 9.17) is 4.42 Å². The number of nitrogens with one attached hydrogen (secondary N) is 2. The van der Waals surface area contributed by atoms with Crippen molar-refractivity contribution in [3.63, 3.8) is 0 Å². The van der Waals surface area contributed by atoms with Crippen molar-refractivity contribution in [2.45, 2.75) is 26.8 Å². The van der Waals surface area contributed by atoms with Crippen LogP contribution in [-0.2, 0) is 11.3 Å². The zero-order chi connectivity index (χ0) is 14.4. The number of furan rings is 1. The summed E-state index contributed by atoms with van der Waals surface area (Å²) in [5.41, 5.74) is 3.57. The molecule has 2 N–H and O–H groups in total. The average molecular weight is 272 g/mol. The maximum absolute atomic E-state index is 11.7. The van der Waals surface area contributed by atoms with Gasteiger partial charge in [0.15, 0.2) is 0 Å². The van der Waals surface area contributed by atoms with Crippen LogP contribution in [0.3, 0.4) is 0 Å². The standard InChI is InChI=1S/C16H20N2O2/c1-12-5-6-14(10-13(12)2)17-8-7-16(19)18-11-15-4-3-9-20-15/h3-6,9-10,17H,7-8,11H2,1-2H3,(H,18,19). The molecule has 1 amide bonds. The molecule has 0 fully saturated rings. The van der Waals surface area contributed by atoms with Gasteiger partial charge >= 0.3 is 0 Å². The lowest BCUT2D eigenvalue weighted by molar-refractivity contribution is -0.121. The molecule has 0 spiro atoms. The van der Waals surface area contributed by atoms with Gasteiger partial charge in [-0.1, -0.05) is 6.07 Å². The monoisotopic (exact) mass is 272 g/mol. The molecule has 20 heavy (non-hydrogen) atoms. The number of carbonyl (C=O) groups excluding carboxylic acids is 1. The van der Waals surface area contributed by atoms with Gasteiger partial charge in [-0.15, -0.1) is 0 Å². The summed E-state index contributed by atoms with van der Waals surface area (Å²) in [5, 5.41) is 6.07. The molecule has 4 nitrogen and oxygen atoms in total. The van der Waals surface area contributed by atoms with Gasteiger partial charge in [-0.05, 0) is 49.2 Å². The highest BCUT2D eigenvalue weighted by Crippen LogP contribution is 2.13. The van der Waals surface area contributed by atoms with E-state index in [0.717, 1.165) is 11.4 Å². The Kier molecular flexibility index (Phi) is 4.82. The number of hydrogen-bond donors (Lipinski definition) is 2. The van der Waals surface area contributed by atoms with E-state index in [2.05, 4.69) is 36.6 Å². The average Bonchev–Trinajstić information content (AvgIpc) is 2.94. The Morgan fingerprint density at radius 3 is 2.75 bits per heavy atom. The van der Waals surface area contributed by atoms with E-state index in [1.165, 1.54) is 11.1 Å². The van der Waals surface area contributed by atoms with Gasteiger partial charge in [-0.2, -0.15) is 0 Å². The topological polar surface area (TPSA) is 54.3 Å². The van der Waals surface area contributed by atoms with Crippen LogP contribution in [0.15, 0.2) is 41.0 Å². The Bertz CT molecular complexity index is 562. The third kappa shape index (κ3) is 4.16. The zero-order valence-electron chi connectivity index (χ0n) is 11.9. The van der Waals surface area contributed by atoms with Gasteiger partial charge in [-0.25, -0.2) is 0 Å². The van der Waals surface area contributed by atoms with Gasteiger partial charge in [0.2, 0.25) is 5.91 Å². The Morgan fingerprint density at radius 2 is 2.05 bits per heavy atom. The fraction of sp³-hybridized carbons (Fsp3) is 0.312. The first kappa shape index (κ1) is 14.2. The second-order valence-electron chi connectivity index (χ2n) is 4.83. The van der Waals surface area contributed by atoms with Crippen molar-refractivity contribution in [3.8, 4) is 0 Å². The number of aryl methyl sites for hydroxylation is 2. The van der Waals surface area contributed by atoms with Crippen LogP contribution in [0.1, 0.15) is 23.3 Å². The van der Waals surface area contributed by atoms with Gasteiger partial charge in [0.05, 0.1) is 12.8 Å². The molecule has 0 aliphatic heterocycles. The quantitative estimate of drug-likeness (QED) is 0.850. The lowest BCUT2D eigenvalue weighted by atomic mass is 10.1. The molecule has 0 saturated heterocycles. The molecule has 0 unspecified atom stereocenters. The van der Waals surface area contributed by atoms with E-state index in [1.54, 1.807) is 6.26 Å². The Hall–Kier alpha value is -2.23. The highest BCUT2D eigenvalue weighted by Gasteiger charge is 2.03. The van der Waals surface area contributed by atoms with Gasteiger partial charge in [0, 0.05) is 18.7 Å². The summed E-state index contributed by atoms with van der Waals surface area (Å²) < 4.78 is 5.15. The van der Waals surface area contributed by atoms with Gasteiger partial charge in [0.1, 0.15) is 5.76 Å². The maximum Gasteiger partial charge on any atom is 0.222 e.